The van der Waals surface area contributed by atoms with Gasteiger partial charge in [-0.1, -0.05) is 0 Å². The van der Waals surface area contributed by atoms with Crippen LogP contribution in [0.5, 0.6) is 5.88 Å². The van der Waals surface area contributed by atoms with Gasteiger partial charge in [0, 0.05) is 25.5 Å². The average Bonchev–Trinajstić information content (AvgIpc) is 2.27. The Morgan fingerprint density at radius 2 is 2.06 bits per heavy atom. The molecular formula is C13H21N3O2. The summed E-state index contributed by atoms with van der Waals surface area (Å²) in [6, 6.07) is 0. The standard InChI is InChI=1S/C13H21N3O2/c1-10(2)18-12-11(14-5-6-15-12)16-7-8-17-13(3,4)9-16/h5-6,10H,7-9H2,1-4H3. The maximum atomic E-state index is 5.71. The highest BCUT2D eigenvalue weighted by molar-refractivity contribution is 5.48. The maximum absolute atomic E-state index is 5.71. The summed E-state index contributed by atoms with van der Waals surface area (Å²) < 4.78 is 11.4. The predicted octanol–water partition coefficient (Wildman–Crippen LogP) is 1.88. The Kier molecular flexibility index (Phi) is 3.71. The normalized spacial score (nSPS) is 19.1. The minimum absolute atomic E-state index is 0.0921. The molecule has 18 heavy (non-hydrogen) atoms. The Morgan fingerprint density at radius 1 is 1.33 bits per heavy atom. The molecule has 0 atom stereocenters. The first-order valence-corrected chi connectivity index (χ1v) is 6.34. The van der Waals surface area contributed by atoms with Crippen LogP contribution in [0.3, 0.4) is 0 Å². The van der Waals surface area contributed by atoms with Crippen molar-refractivity contribution < 1.29 is 9.47 Å². The Labute approximate surface area is 108 Å². The zero-order valence-corrected chi connectivity index (χ0v) is 11.5. The van der Waals surface area contributed by atoms with Crippen molar-refractivity contribution in [3.63, 3.8) is 0 Å². The van der Waals surface area contributed by atoms with Gasteiger partial charge in [-0.15, -0.1) is 0 Å². The Hall–Kier alpha value is -1.36. The molecule has 0 spiro atoms. The van der Waals surface area contributed by atoms with Crippen LogP contribution in [0, 0.1) is 0 Å². The quantitative estimate of drug-likeness (QED) is 0.821. The van der Waals surface area contributed by atoms with Crippen LogP contribution in [0.15, 0.2) is 12.4 Å². The third-order valence-corrected chi connectivity index (χ3v) is 2.72. The lowest BCUT2D eigenvalue weighted by molar-refractivity contribution is -0.0280. The molecule has 1 aromatic heterocycles. The minimum Gasteiger partial charge on any atom is -0.472 e. The third kappa shape index (κ3) is 3.10. The van der Waals surface area contributed by atoms with Crippen molar-refractivity contribution in [2.75, 3.05) is 24.6 Å². The van der Waals surface area contributed by atoms with Crippen LogP contribution in [-0.4, -0.2) is 41.4 Å². The molecule has 0 aliphatic carbocycles. The number of ether oxygens (including phenoxy) is 2. The van der Waals surface area contributed by atoms with Gasteiger partial charge in [-0.3, -0.25) is 0 Å². The maximum Gasteiger partial charge on any atom is 0.257 e. The van der Waals surface area contributed by atoms with Crippen molar-refractivity contribution in [3.05, 3.63) is 12.4 Å². The average molecular weight is 251 g/mol. The van der Waals surface area contributed by atoms with E-state index in [9.17, 15) is 0 Å². The zero-order valence-electron chi connectivity index (χ0n) is 11.5. The van der Waals surface area contributed by atoms with E-state index in [1.165, 1.54) is 0 Å². The van der Waals surface area contributed by atoms with Gasteiger partial charge >= 0.3 is 0 Å². The Balaban J connectivity index is 2.21. The van der Waals surface area contributed by atoms with Gasteiger partial charge in [-0.25, -0.2) is 9.97 Å². The van der Waals surface area contributed by atoms with E-state index in [2.05, 4.69) is 28.7 Å². The van der Waals surface area contributed by atoms with E-state index >= 15 is 0 Å². The number of nitrogens with zero attached hydrogens (tertiary/aromatic N) is 3. The summed E-state index contributed by atoms with van der Waals surface area (Å²) in [5.74, 6) is 1.41. The number of aromatic nitrogens is 2. The molecule has 5 heteroatoms. The lowest BCUT2D eigenvalue weighted by atomic mass is 10.1. The van der Waals surface area contributed by atoms with Crippen LogP contribution in [0.2, 0.25) is 0 Å². The van der Waals surface area contributed by atoms with Crippen LogP contribution in [-0.2, 0) is 4.74 Å². The molecule has 1 aromatic rings. The summed E-state index contributed by atoms with van der Waals surface area (Å²) in [6.07, 6.45) is 3.45. The van der Waals surface area contributed by atoms with Gasteiger partial charge in [0.1, 0.15) is 0 Å². The summed E-state index contributed by atoms with van der Waals surface area (Å²) in [5.41, 5.74) is -0.162. The van der Waals surface area contributed by atoms with Crippen LogP contribution in [0.1, 0.15) is 27.7 Å². The van der Waals surface area contributed by atoms with Gasteiger partial charge in [0.2, 0.25) is 0 Å². The SMILES string of the molecule is CC(C)Oc1nccnc1N1CCOC(C)(C)C1. The molecule has 0 aromatic carbocycles. The highest BCUT2D eigenvalue weighted by atomic mass is 16.5. The van der Waals surface area contributed by atoms with Crippen molar-refractivity contribution in [1.82, 2.24) is 9.97 Å². The van der Waals surface area contributed by atoms with Crippen LogP contribution < -0.4 is 9.64 Å². The molecule has 0 unspecified atom stereocenters. The van der Waals surface area contributed by atoms with E-state index in [-0.39, 0.29) is 11.7 Å². The first-order valence-electron chi connectivity index (χ1n) is 6.34. The monoisotopic (exact) mass is 251 g/mol. The molecule has 100 valence electrons. The number of morpholine rings is 1. The molecule has 5 nitrogen and oxygen atoms in total. The predicted molar refractivity (Wildman–Crippen MR) is 70.0 cm³/mol. The van der Waals surface area contributed by atoms with E-state index in [0.29, 0.717) is 12.5 Å². The van der Waals surface area contributed by atoms with E-state index < -0.39 is 0 Å². The van der Waals surface area contributed by atoms with Gasteiger partial charge < -0.3 is 14.4 Å². The van der Waals surface area contributed by atoms with Crippen molar-refractivity contribution in [1.29, 1.82) is 0 Å². The highest BCUT2D eigenvalue weighted by Gasteiger charge is 2.29. The fourth-order valence-corrected chi connectivity index (χ4v) is 2.04. The topological polar surface area (TPSA) is 47.5 Å². The molecule has 0 bridgehead atoms. The van der Waals surface area contributed by atoms with Gasteiger partial charge in [0.05, 0.1) is 18.3 Å². The fourth-order valence-electron chi connectivity index (χ4n) is 2.04. The van der Waals surface area contributed by atoms with Gasteiger partial charge in [-0.05, 0) is 27.7 Å². The Morgan fingerprint density at radius 3 is 2.72 bits per heavy atom. The van der Waals surface area contributed by atoms with Crippen molar-refractivity contribution in [3.8, 4) is 5.88 Å². The van der Waals surface area contributed by atoms with Crippen molar-refractivity contribution in [2.24, 2.45) is 0 Å². The third-order valence-electron chi connectivity index (χ3n) is 2.72. The van der Waals surface area contributed by atoms with E-state index in [0.717, 1.165) is 18.9 Å². The van der Waals surface area contributed by atoms with Gasteiger partial charge in [-0.2, -0.15) is 0 Å². The largest absolute Gasteiger partial charge is 0.472 e. The van der Waals surface area contributed by atoms with Gasteiger partial charge in [0.25, 0.3) is 5.88 Å². The first kappa shape index (κ1) is 13.1. The minimum atomic E-state index is -0.162. The number of anilines is 1. The van der Waals surface area contributed by atoms with Crippen molar-refractivity contribution in [2.45, 2.75) is 39.4 Å². The molecule has 1 saturated heterocycles. The summed E-state index contributed by atoms with van der Waals surface area (Å²) >= 11 is 0. The summed E-state index contributed by atoms with van der Waals surface area (Å²) in [6.45, 7) is 10.4. The van der Waals surface area contributed by atoms with Crippen molar-refractivity contribution >= 4 is 5.82 Å². The smallest absolute Gasteiger partial charge is 0.257 e. The molecule has 1 aliphatic heterocycles. The second-order valence-corrected chi connectivity index (χ2v) is 5.38. The molecule has 2 rings (SSSR count). The van der Waals surface area contributed by atoms with Crippen LogP contribution in [0.25, 0.3) is 0 Å². The van der Waals surface area contributed by atoms with E-state index in [1.807, 2.05) is 13.8 Å². The highest BCUT2D eigenvalue weighted by Crippen LogP contribution is 2.27. The molecule has 0 amide bonds. The summed E-state index contributed by atoms with van der Waals surface area (Å²) in [5, 5.41) is 0. The van der Waals surface area contributed by atoms with E-state index in [1.54, 1.807) is 12.4 Å². The molecule has 0 radical (unpaired) electrons. The number of hydrogen-bond acceptors (Lipinski definition) is 5. The molecule has 1 fully saturated rings. The Bertz CT molecular complexity index is 407. The van der Waals surface area contributed by atoms with Crippen LogP contribution >= 0.6 is 0 Å². The van der Waals surface area contributed by atoms with Crippen LogP contribution in [0.4, 0.5) is 5.82 Å². The summed E-state index contributed by atoms with van der Waals surface area (Å²) in [7, 11) is 0. The first-order chi connectivity index (χ1) is 8.48. The summed E-state index contributed by atoms with van der Waals surface area (Å²) in [4.78, 5) is 10.9. The van der Waals surface area contributed by atoms with Gasteiger partial charge in [0.15, 0.2) is 5.82 Å². The molecular weight excluding hydrogens is 230 g/mol. The lowest BCUT2D eigenvalue weighted by Gasteiger charge is -2.38. The number of hydrogen-bond donors (Lipinski definition) is 0. The molecule has 2 heterocycles. The number of rotatable bonds is 3. The second kappa shape index (κ2) is 5.10. The fraction of sp³-hybridized carbons (Fsp3) is 0.692. The zero-order chi connectivity index (χ0) is 13.2. The molecule has 0 saturated carbocycles. The molecule has 0 N–H and O–H groups in total. The lowest BCUT2D eigenvalue weighted by Crippen LogP contribution is -2.48. The second-order valence-electron chi connectivity index (χ2n) is 5.38. The molecule has 1 aliphatic rings. The van der Waals surface area contributed by atoms with E-state index in [4.69, 9.17) is 9.47 Å².